The van der Waals surface area contributed by atoms with Crippen molar-refractivity contribution in [3.8, 4) is 5.75 Å². The van der Waals surface area contributed by atoms with Crippen molar-refractivity contribution in [1.29, 1.82) is 0 Å². The molecule has 0 radical (unpaired) electrons. The molecule has 3 nitrogen and oxygen atoms in total. The van der Waals surface area contributed by atoms with Crippen molar-refractivity contribution in [2.24, 2.45) is 0 Å². The first kappa shape index (κ1) is 17.9. The minimum atomic E-state index is -0.235. The molecule has 1 aromatic heterocycles. The molecule has 4 rings (SSSR count). The standard InChI is InChI=1S/C22H18Cl2N2O/c1-15(27-18-12-10-17(23)11-13-18)22-25-20-8-4-5-9-21(20)26(22)14-16-6-2-3-7-19(16)24/h2-13,15H,14H2,1H3. The molecule has 0 aliphatic rings. The van der Waals surface area contributed by atoms with Crippen molar-refractivity contribution in [3.63, 3.8) is 0 Å². The summed E-state index contributed by atoms with van der Waals surface area (Å²) in [5, 5.41) is 1.42. The van der Waals surface area contributed by atoms with Gasteiger partial charge in [-0.15, -0.1) is 0 Å². The van der Waals surface area contributed by atoms with Crippen LogP contribution < -0.4 is 4.74 Å². The number of aromatic nitrogens is 2. The fourth-order valence-electron chi connectivity index (χ4n) is 3.14. The van der Waals surface area contributed by atoms with Gasteiger partial charge in [-0.05, 0) is 55.0 Å². The highest BCUT2D eigenvalue weighted by Crippen LogP contribution is 2.28. The third kappa shape index (κ3) is 3.80. The summed E-state index contributed by atoms with van der Waals surface area (Å²) < 4.78 is 8.28. The maximum atomic E-state index is 6.39. The summed E-state index contributed by atoms with van der Waals surface area (Å²) in [5.41, 5.74) is 3.03. The van der Waals surface area contributed by atoms with Crippen molar-refractivity contribution in [3.05, 3.63) is 94.2 Å². The number of fused-ring (bicyclic) bond motifs is 1. The Bertz CT molecular complexity index is 1070. The van der Waals surface area contributed by atoms with Crippen LogP contribution in [-0.2, 0) is 6.54 Å². The van der Waals surface area contributed by atoms with Gasteiger partial charge in [0, 0.05) is 10.0 Å². The van der Waals surface area contributed by atoms with E-state index in [9.17, 15) is 0 Å². The van der Waals surface area contributed by atoms with E-state index in [1.165, 1.54) is 0 Å². The van der Waals surface area contributed by atoms with Gasteiger partial charge in [0.2, 0.25) is 0 Å². The van der Waals surface area contributed by atoms with Crippen LogP contribution in [-0.4, -0.2) is 9.55 Å². The molecular weight excluding hydrogens is 379 g/mol. The van der Waals surface area contributed by atoms with Crippen LogP contribution in [0.3, 0.4) is 0 Å². The highest BCUT2D eigenvalue weighted by molar-refractivity contribution is 6.31. The lowest BCUT2D eigenvalue weighted by molar-refractivity contribution is 0.212. The van der Waals surface area contributed by atoms with E-state index >= 15 is 0 Å². The molecule has 0 amide bonds. The van der Waals surface area contributed by atoms with Gasteiger partial charge in [0.05, 0.1) is 17.6 Å². The third-order valence-electron chi connectivity index (χ3n) is 4.46. The summed E-state index contributed by atoms with van der Waals surface area (Å²) in [7, 11) is 0. The zero-order valence-corrected chi connectivity index (χ0v) is 16.3. The fourth-order valence-corrected chi connectivity index (χ4v) is 3.46. The van der Waals surface area contributed by atoms with E-state index in [-0.39, 0.29) is 6.10 Å². The number of ether oxygens (including phenoxy) is 1. The van der Waals surface area contributed by atoms with Gasteiger partial charge in [-0.3, -0.25) is 0 Å². The van der Waals surface area contributed by atoms with Gasteiger partial charge >= 0.3 is 0 Å². The van der Waals surface area contributed by atoms with Gasteiger partial charge in [0.25, 0.3) is 0 Å². The minimum absolute atomic E-state index is 0.235. The Hall–Kier alpha value is -2.49. The first-order valence-electron chi connectivity index (χ1n) is 8.72. The van der Waals surface area contributed by atoms with Crippen LogP contribution in [0.4, 0.5) is 0 Å². The van der Waals surface area contributed by atoms with Crippen LogP contribution in [0.2, 0.25) is 10.0 Å². The predicted molar refractivity (Wildman–Crippen MR) is 111 cm³/mol. The molecule has 27 heavy (non-hydrogen) atoms. The Morgan fingerprint density at radius 3 is 2.41 bits per heavy atom. The number of para-hydroxylation sites is 2. The topological polar surface area (TPSA) is 27.1 Å². The van der Waals surface area contributed by atoms with Crippen LogP contribution >= 0.6 is 23.2 Å². The second-order valence-electron chi connectivity index (χ2n) is 6.35. The molecule has 1 atom stereocenters. The Morgan fingerprint density at radius 2 is 1.63 bits per heavy atom. The maximum absolute atomic E-state index is 6.39. The van der Waals surface area contributed by atoms with E-state index in [4.69, 9.17) is 32.9 Å². The lowest BCUT2D eigenvalue weighted by Gasteiger charge is -2.17. The van der Waals surface area contributed by atoms with Gasteiger partial charge in [-0.25, -0.2) is 4.98 Å². The second-order valence-corrected chi connectivity index (χ2v) is 7.19. The molecule has 0 fully saturated rings. The van der Waals surface area contributed by atoms with E-state index in [2.05, 4.69) is 10.6 Å². The number of imidazole rings is 1. The number of benzene rings is 3. The van der Waals surface area contributed by atoms with Crippen LogP contribution in [0.25, 0.3) is 11.0 Å². The Morgan fingerprint density at radius 1 is 0.926 bits per heavy atom. The van der Waals surface area contributed by atoms with Crippen molar-refractivity contribution >= 4 is 34.2 Å². The van der Waals surface area contributed by atoms with Crippen molar-refractivity contribution in [1.82, 2.24) is 9.55 Å². The Labute approximate surface area is 168 Å². The average Bonchev–Trinajstić information content (AvgIpc) is 3.04. The molecule has 0 bridgehead atoms. The maximum Gasteiger partial charge on any atom is 0.153 e. The molecule has 0 saturated heterocycles. The van der Waals surface area contributed by atoms with Crippen LogP contribution in [0, 0.1) is 0 Å². The number of hydrogen-bond acceptors (Lipinski definition) is 2. The van der Waals surface area contributed by atoms with Crippen LogP contribution in [0.5, 0.6) is 5.75 Å². The summed E-state index contributed by atoms with van der Waals surface area (Å²) in [6.07, 6.45) is -0.235. The predicted octanol–water partition coefficient (Wildman–Crippen LogP) is 6.53. The molecule has 0 spiro atoms. The summed E-state index contributed by atoms with van der Waals surface area (Å²) in [5.74, 6) is 1.61. The normalized spacial score (nSPS) is 12.3. The van der Waals surface area contributed by atoms with E-state index in [1.54, 1.807) is 0 Å². The van der Waals surface area contributed by atoms with Gasteiger partial charge < -0.3 is 9.30 Å². The number of hydrogen-bond donors (Lipinski definition) is 0. The Balaban J connectivity index is 1.73. The van der Waals surface area contributed by atoms with Crippen molar-refractivity contribution < 1.29 is 4.74 Å². The molecule has 0 aliphatic heterocycles. The molecule has 0 aliphatic carbocycles. The summed E-state index contributed by atoms with van der Waals surface area (Å²) in [6, 6.07) is 23.3. The summed E-state index contributed by atoms with van der Waals surface area (Å²) in [4.78, 5) is 4.82. The van der Waals surface area contributed by atoms with Gasteiger partial charge in [-0.2, -0.15) is 0 Å². The first-order chi connectivity index (χ1) is 13.1. The molecule has 0 saturated carbocycles. The molecule has 0 N–H and O–H groups in total. The zero-order valence-electron chi connectivity index (χ0n) is 14.8. The lowest BCUT2D eigenvalue weighted by atomic mass is 10.2. The molecular formula is C22H18Cl2N2O. The van der Waals surface area contributed by atoms with E-state index in [0.29, 0.717) is 11.6 Å². The van der Waals surface area contributed by atoms with E-state index in [0.717, 1.165) is 33.2 Å². The van der Waals surface area contributed by atoms with Gasteiger partial charge in [0.15, 0.2) is 11.9 Å². The smallest absolute Gasteiger partial charge is 0.153 e. The quantitative estimate of drug-likeness (QED) is 0.383. The van der Waals surface area contributed by atoms with Gasteiger partial charge in [0.1, 0.15) is 5.75 Å². The summed E-state index contributed by atoms with van der Waals surface area (Å²) >= 11 is 12.4. The second kappa shape index (κ2) is 7.63. The number of nitrogens with zero attached hydrogens (tertiary/aromatic N) is 2. The lowest BCUT2D eigenvalue weighted by Crippen LogP contribution is -2.13. The van der Waals surface area contributed by atoms with E-state index in [1.807, 2.05) is 73.7 Å². The first-order valence-corrected chi connectivity index (χ1v) is 9.48. The highest BCUT2D eigenvalue weighted by Gasteiger charge is 2.19. The fraction of sp³-hybridized carbons (Fsp3) is 0.136. The zero-order chi connectivity index (χ0) is 18.8. The molecule has 3 aromatic carbocycles. The SMILES string of the molecule is CC(Oc1ccc(Cl)cc1)c1nc2ccccc2n1Cc1ccccc1Cl. The highest BCUT2D eigenvalue weighted by atomic mass is 35.5. The molecule has 5 heteroatoms. The van der Waals surface area contributed by atoms with Crippen LogP contribution in [0.15, 0.2) is 72.8 Å². The van der Waals surface area contributed by atoms with Crippen molar-refractivity contribution in [2.45, 2.75) is 19.6 Å². The Kier molecular flexibility index (Phi) is 5.06. The minimum Gasteiger partial charge on any atom is -0.483 e. The van der Waals surface area contributed by atoms with Crippen molar-refractivity contribution in [2.75, 3.05) is 0 Å². The summed E-state index contributed by atoms with van der Waals surface area (Å²) in [6.45, 7) is 2.63. The van der Waals surface area contributed by atoms with Gasteiger partial charge in [-0.1, -0.05) is 53.5 Å². The van der Waals surface area contributed by atoms with Crippen LogP contribution in [0.1, 0.15) is 24.4 Å². The molecule has 1 heterocycles. The third-order valence-corrected chi connectivity index (χ3v) is 5.08. The van der Waals surface area contributed by atoms with E-state index < -0.39 is 0 Å². The monoisotopic (exact) mass is 396 g/mol. The number of halogens is 2. The molecule has 136 valence electrons. The number of rotatable bonds is 5. The largest absolute Gasteiger partial charge is 0.483 e. The molecule has 1 unspecified atom stereocenters. The average molecular weight is 397 g/mol. The molecule has 4 aromatic rings.